The van der Waals surface area contributed by atoms with Gasteiger partial charge in [0.25, 0.3) is 11.9 Å². The van der Waals surface area contributed by atoms with E-state index in [4.69, 9.17) is 5.11 Å². The van der Waals surface area contributed by atoms with Crippen molar-refractivity contribution in [3.05, 3.63) is 37.8 Å². The van der Waals surface area contributed by atoms with E-state index in [9.17, 15) is 28.5 Å². The SMILES string of the molecule is O=C(O)Cc1c(C(F)F)[nH]cc([N+](=O)[O-])c1=O. The Morgan fingerprint density at radius 3 is 2.59 bits per heavy atom. The third-order valence-electron chi connectivity index (χ3n) is 1.94. The predicted molar refractivity (Wildman–Crippen MR) is 50.0 cm³/mol. The number of halogens is 2. The lowest BCUT2D eigenvalue weighted by Crippen LogP contribution is -2.20. The van der Waals surface area contributed by atoms with Crippen molar-refractivity contribution in [2.75, 3.05) is 0 Å². The molecule has 0 saturated carbocycles. The first-order chi connectivity index (χ1) is 7.84. The van der Waals surface area contributed by atoms with Crippen molar-refractivity contribution in [3.63, 3.8) is 0 Å². The van der Waals surface area contributed by atoms with Crippen LogP contribution in [0.1, 0.15) is 17.7 Å². The quantitative estimate of drug-likeness (QED) is 0.605. The van der Waals surface area contributed by atoms with Gasteiger partial charge in [-0.2, -0.15) is 0 Å². The molecule has 0 fully saturated rings. The number of hydrogen-bond acceptors (Lipinski definition) is 4. The van der Waals surface area contributed by atoms with E-state index in [1.165, 1.54) is 0 Å². The molecule has 1 rings (SSSR count). The number of alkyl halides is 2. The maximum absolute atomic E-state index is 12.5. The van der Waals surface area contributed by atoms with E-state index in [0.717, 1.165) is 0 Å². The average Bonchev–Trinajstić information content (AvgIpc) is 2.19. The molecule has 9 heteroatoms. The van der Waals surface area contributed by atoms with Crippen molar-refractivity contribution in [2.24, 2.45) is 0 Å². The van der Waals surface area contributed by atoms with E-state index in [1.54, 1.807) is 0 Å². The Balaban J connectivity index is 3.47. The molecule has 0 unspecified atom stereocenters. The zero-order valence-corrected chi connectivity index (χ0v) is 8.15. The summed E-state index contributed by atoms with van der Waals surface area (Å²) in [6.07, 6.45) is -3.59. The van der Waals surface area contributed by atoms with Crippen LogP contribution in [0.15, 0.2) is 11.0 Å². The van der Waals surface area contributed by atoms with Crippen molar-refractivity contribution in [1.29, 1.82) is 0 Å². The first-order valence-corrected chi connectivity index (χ1v) is 4.23. The number of aromatic nitrogens is 1. The van der Waals surface area contributed by atoms with Crippen LogP contribution in [0.3, 0.4) is 0 Å². The summed E-state index contributed by atoms with van der Waals surface area (Å²) >= 11 is 0. The summed E-state index contributed by atoms with van der Waals surface area (Å²) in [7, 11) is 0. The van der Waals surface area contributed by atoms with Gasteiger partial charge in [0.2, 0.25) is 0 Å². The second-order valence-electron chi connectivity index (χ2n) is 3.02. The topological polar surface area (TPSA) is 113 Å². The maximum Gasteiger partial charge on any atom is 0.332 e. The fourth-order valence-electron chi connectivity index (χ4n) is 1.23. The molecule has 0 aliphatic rings. The predicted octanol–water partition coefficient (Wildman–Crippen LogP) is 0.848. The number of pyridine rings is 1. The van der Waals surface area contributed by atoms with Crippen LogP contribution < -0.4 is 5.43 Å². The molecule has 0 radical (unpaired) electrons. The number of rotatable bonds is 4. The van der Waals surface area contributed by atoms with Gasteiger partial charge >= 0.3 is 11.7 Å². The van der Waals surface area contributed by atoms with E-state index >= 15 is 0 Å². The van der Waals surface area contributed by atoms with Crippen molar-refractivity contribution in [3.8, 4) is 0 Å². The molecular formula is C8H6F2N2O5. The molecule has 0 aromatic carbocycles. The van der Waals surface area contributed by atoms with E-state index in [-0.39, 0.29) is 0 Å². The van der Waals surface area contributed by atoms with Crippen LogP contribution in [0, 0.1) is 10.1 Å². The molecule has 2 N–H and O–H groups in total. The number of hydrogen-bond donors (Lipinski definition) is 2. The highest BCUT2D eigenvalue weighted by Crippen LogP contribution is 2.20. The zero-order valence-electron chi connectivity index (χ0n) is 8.15. The lowest BCUT2D eigenvalue weighted by atomic mass is 10.1. The van der Waals surface area contributed by atoms with Crippen LogP contribution in [0.4, 0.5) is 14.5 Å². The number of nitro groups is 1. The van der Waals surface area contributed by atoms with Gasteiger partial charge in [0.1, 0.15) is 0 Å². The summed E-state index contributed by atoms with van der Waals surface area (Å²) in [5.74, 6) is -1.53. The fraction of sp³-hybridized carbons (Fsp3) is 0.250. The third-order valence-corrected chi connectivity index (χ3v) is 1.94. The second kappa shape index (κ2) is 4.68. The monoisotopic (exact) mass is 248 g/mol. The Kier molecular flexibility index (Phi) is 3.51. The van der Waals surface area contributed by atoms with Crippen LogP contribution in [0.5, 0.6) is 0 Å². The molecule has 1 aromatic heterocycles. The lowest BCUT2D eigenvalue weighted by Gasteiger charge is -2.05. The third kappa shape index (κ3) is 2.62. The summed E-state index contributed by atoms with van der Waals surface area (Å²) in [5.41, 5.74) is -4.00. The lowest BCUT2D eigenvalue weighted by molar-refractivity contribution is -0.386. The van der Waals surface area contributed by atoms with Gasteiger partial charge in [-0.05, 0) is 0 Å². The van der Waals surface area contributed by atoms with E-state index in [0.29, 0.717) is 6.20 Å². The van der Waals surface area contributed by atoms with Crippen molar-refractivity contribution in [1.82, 2.24) is 4.98 Å². The molecule has 0 spiro atoms. The van der Waals surface area contributed by atoms with Gasteiger partial charge in [-0.3, -0.25) is 19.7 Å². The Morgan fingerprint density at radius 2 is 2.18 bits per heavy atom. The van der Waals surface area contributed by atoms with Crippen LogP contribution in [-0.4, -0.2) is 21.0 Å². The van der Waals surface area contributed by atoms with Gasteiger partial charge in [0.15, 0.2) is 0 Å². The van der Waals surface area contributed by atoms with Gasteiger partial charge in [-0.1, -0.05) is 0 Å². The average molecular weight is 248 g/mol. The van der Waals surface area contributed by atoms with Crippen LogP contribution in [0.25, 0.3) is 0 Å². The molecule has 17 heavy (non-hydrogen) atoms. The normalized spacial score (nSPS) is 10.5. The van der Waals surface area contributed by atoms with Gasteiger partial charge < -0.3 is 10.1 Å². The minimum absolute atomic E-state index is 0.523. The summed E-state index contributed by atoms with van der Waals surface area (Å²) in [6, 6.07) is 0. The molecule has 0 amide bonds. The highest BCUT2D eigenvalue weighted by atomic mass is 19.3. The number of nitrogens with one attached hydrogen (secondary N) is 1. The number of carbonyl (C=O) groups is 1. The highest BCUT2D eigenvalue weighted by molar-refractivity contribution is 5.70. The zero-order chi connectivity index (χ0) is 13.2. The second-order valence-corrected chi connectivity index (χ2v) is 3.02. The molecule has 92 valence electrons. The largest absolute Gasteiger partial charge is 0.481 e. The van der Waals surface area contributed by atoms with Gasteiger partial charge in [0, 0.05) is 5.56 Å². The summed E-state index contributed by atoms with van der Waals surface area (Å²) in [6.45, 7) is 0. The van der Waals surface area contributed by atoms with Crippen molar-refractivity contribution >= 4 is 11.7 Å². The van der Waals surface area contributed by atoms with E-state index in [2.05, 4.69) is 0 Å². The minimum atomic E-state index is -3.11. The van der Waals surface area contributed by atoms with E-state index in [1.807, 2.05) is 4.98 Å². The summed E-state index contributed by atoms with van der Waals surface area (Å²) in [5, 5.41) is 18.9. The first-order valence-electron chi connectivity index (χ1n) is 4.23. The number of nitrogens with zero attached hydrogens (tertiary/aromatic N) is 1. The molecular weight excluding hydrogens is 242 g/mol. The Hall–Kier alpha value is -2.32. The first kappa shape index (κ1) is 12.7. The molecule has 0 aliphatic carbocycles. The van der Waals surface area contributed by atoms with E-state index < -0.39 is 46.1 Å². The minimum Gasteiger partial charge on any atom is -0.481 e. The molecule has 0 atom stereocenters. The molecule has 0 bridgehead atoms. The smallest absolute Gasteiger partial charge is 0.332 e. The molecule has 1 aromatic rings. The van der Waals surface area contributed by atoms with Crippen LogP contribution >= 0.6 is 0 Å². The number of aromatic amines is 1. The van der Waals surface area contributed by atoms with Gasteiger partial charge in [-0.25, -0.2) is 8.78 Å². The van der Waals surface area contributed by atoms with Crippen LogP contribution in [-0.2, 0) is 11.2 Å². The van der Waals surface area contributed by atoms with Crippen molar-refractivity contribution in [2.45, 2.75) is 12.8 Å². The number of aliphatic carboxylic acids is 1. The molecule has 7 nitrogen and oxygen atoms in total. The summed E-state index contributed by atoms with van der Waals surface area (Å²) < 4.78 is 24.9. The highest BCUT2D eigenvalue weighted by Gasteiger charge is 2.24. The molecule has 0 aliphatic heterocycles. The molecule has 1 heterocycles. The van der Waals surface area contributed by atoms with Crippen LogP contribution in [0.2, 0.25) is 0 Å². The summed E-state index contributed by atoms with van der Waals surface area (Å²) in [4.78, 5) is 33.0. The van der Waals surface area contributed by atoms with Gasteiger partial charge in [0.05, 0.1) is 23.2 Å². The standard InChI is InChI=1S/C8H6F2N2O5/c9-8(10)6-3(1-5(13)14)7(15)4(2-11-6)12(16)17/h2,8H,1H2,(H,11,15)(H,13,14). The fourth-order valence-corrected chi connectivity index (χ4v) is 1.23. The van der Waals surface area contributed by atoms with Crippen molar-refractivity contribution < 1.29 is 23.6 Å². The Labute approximate surface area is 91.8 Å². The number of carboxylic acid groups (broad SMARTS) is 1. The van der Waals surface area contributed by atoms with Gasteiger partial charge in [-0.15, -0.1) is 0 Å². The Morgan fingerprint density at radius 1 is 1.59 bits per heavy atom. The molecule has 0 saturated heterocycles. The number of carboxylic acids is 1. The maximum atomic E-state index is 12.5. The number of H-pyrrole nitrogens is 1. The Bertz CT molecular complexity index is 525.